The summed E-state index contributed by atoms with van der Waals surface area (Å²) in [5.74, 6) is 4.22. The van der Waals surface area contributed by atoms with Crippen LogP contribution in [0.1, 0.15) is 39.0 Å². The number of amides is 1. The Bertz CT molecular complexity index is 749. The molecule has 1 aromatic carbocycles. The lowest BCUT2D eigenvalue weighted by atomic mass is 9.84. The van der Waals surface area contributed by atoms with E-state index in [1.165, 1.54) is 12.1 Å². The van der Waals surface area contributed by atoms with Crippen molar-refractivity contribution in [3.8, 4) is 11.8 Å². The SMILES string of the molecule is CC#CCON(C(C(=O)NO)C1CCCCC1)S(=O)(=O)c1ccccc1. The van der Waals surface area contributed by atoms with Crippen LogP contribution in [-0.2, 0) is 19.7 Å². The van der Waals surface area contributed by atoms with Gasteiger partial charge in [0.15, 0.2) is 0 Å². The molecule has 8 heteroatoms. The number of benzene rings is 1. The molecule has 0 spiro atoms. The Kier molecular flexibility index (Phi) is 7.60. The molecule has 1 fully saturated rings. The Hall–Kier alpha value is -1.92. The number of hydrogen-bond donors (Lipinski definition) is 2. The molecule has 0 aliphatic heterocycles. The van der Waals surface area contributed by atoms with E-state index >= 15 is 0 Å². The number of carbonyl (C=O) groups is 1. The highest BCUT2D eigenvalue weighted by molar-refractivity contribution is 7.89. The molecular weight excluding hydrogens is 356 g/mol. The first kappa shape index (κ1) is 20.4. The van der Waals surface area contributed by atoms with Crippen molar-refractivity contribution in [1.82, 2.24) is 9.95 Å². The highest BCUT2D eigenvalue weighted by Crippen LogP contribution is 2.32. The van der Waals surface area contributed by atoms with Gasteiger partial charge in [-0.1, -0.05) is 47.9 Å². The van der Waals surface area contributed by atoms with Gasteiger partial charge in [-0.3, -0.25) is 14.8 Å². The van der Waals surface area contributed by atoms with Crippen LogP contribution in [0.25, 0.3) is 0 Å². The molecule has 0 radical (unpaired) electrons. The van der Waals surface area contributed by atoms with Gasteiger partial charge >= 0.3 is 0 Å². The van der Waals surface area contributed by atoms with E-state index in [0.29, 0.717) is 17.3 Å². The molecule has 1 saturated carbocycles. The lowest BCUT2D eigenvalue weighted by Gasteiger charge is -2.35. The van der Waals surface area contributed by atoms with Gasteiger partial charge in [0.25, 0.3) is 15.9 Å². The molecule has 0 aromatic heterocycles. The third-order valence-corrected chi connectivity index (χ3v) is 6.10. The molecule has 2 N–H and O–H groups in total. The van der Waals surface area contributed by atoms with Gasteiger partial charge in [-0.25, -0.2) is 13.9 Å². The standard InChI is InChI=1S/C18H24N2O5S/c1-2-3-14-25-20(26(23,24)16-12-8-5-9-13-16)17(18(21)19-22)15-10-6-4-7-11-15/h5,8-9,12-13,15,17,22H,4,6-7,10-11,14H2,1H3,(H,19,21). The van der Waals surface area contributed by atoms with E-state index in [0.717, 1.165) is 19.3 Å². The third-order valence-electron chi connectivity index (χ3n) is 4.42. The maximum atomic E-state index is 13.1. The zero-order valence-corrected chi connectivity index (χ0v) is 15.5. The average molecular weight is 380 g/mol. The second-order valence-electron chi connectivity index (χ2n) is 6.09. The molecule has 0 heterocycles. The Balaban J connectivity index is 2.44. The predicted molar refractivity (Wildman–Crippen MR) is 95.2 cm³/mol. The molecule has 1 aliphatic rings. The molecule has 2 rings (SSSR count). The topological polar surface area (TPSA) is 95.9 Å². The number of hydroxylamine groups is 2. The monoisotopic (exact) mass is 380 g/mol. The van der Waals surface area contributed by atoms with Crippen molar-refractivity contribution < 1.29 is 23.3 Å². The van der Waals surface area contributed by atoms with Crippen LogP contribution < -0.4 is 5.48 Å². The van der Waals surface area contributed by atoms with Crippen LogP contribution in [0.2, 0.25) is 0 Å². The minimum absolute atomic E-state index is 0.0102. The Morgan fingerprint density at radius 2 is 1.96 bits per heavy atom. The largest absolute Gasteiger partial charge is 0.289 e. The minimum atomic E-state index is -4.11. The number of rotatable bonds is 7. The van der Waals surface area contributed by atoms with Crippen LogP contribution >= 0.6 is 0 Å². The Morgan fingerprint density at radius 1 is 1.31 bits per heavy atom. The first-order chi connectivity index (χ1) is 12.5. The molecule has 1 aliphatic carbocycles. The van der Waals surface area contributed by atoms with Gasteiger partial charge in [-0.05, 0) is 37.8 Å². The maximum absolute atomic E-state index is 13.1. The van der Waals surface area contributed by atoms with E-state index < -0.39 is 22.0 Å². The fourth-order valence-corrected chi connectivity index (χ4v) is 4.63. The van der Waals surface area contributed by atoms with E-state index in [-0.39, 0.29) is 17.4 Å². The molecular formula is C18H24N2O5S. The molecule has 0 bridgehead atoms. The lowest BCUT2D eigenvalue weighted by Crippen LogP contribution is -2.53. The predicted octanol–water partition coefficient (Wildman–Crippen LogP) is 2.09. The van der Waals surface area contributed by atoms with Gasteiger partial charge in [0.2, 0.25) is 0 Å². The summed E-state index contributed by atoms with van der Waals surface area (Å²) in [6.07, 6.45) is 4.20. The normalized spacial score (nSPS) is 16.6. The number of hydrogen-bond acceptors (Lipinski definition) is 5. The van der Waals surface area contributed by atoms with Crippen LogP contribution in [-0.4, -0.2) is 36.6 Å². The second-order valence-corrected chi connectivity index (χ2v) is 7.87. The summed E-state index contributed by atoms with van der Waals surface area (Å²) in [5, 5.41) is 9.19. The summed E-state index contributed by atoms with van der Waals surface area (Å²) in [7, 11) is -4.11. The summed E-state index contributed by atoms with van der Waals surface area (Å²) in [6.45, 7) is 1.43. The highest BCUT2D eigenvalue weighted by atomic mass is 32.2. The van der Waals surface area contributed by atoms with Gasteiger partial charge < -0.3 is 0 Å². The molecule has 26 heavy (non-hydrogen) atoms. The average Bonchev–Trinajstić information content (AvgIpc) is 2.68. The zero-order chi connectivity index (χ0) is 19.0. The van der Waals surface area contributed by atoms with Crippen molar-refractivity contribution in [1.29, 1.82) is 0 Å². The third kappa shape index (κ3) is 4.83. The smallest absolute Gasteiger partial charge is 0.265 e. The van der Waals surface area contributed by atoms with E-state index in [4.69, 9.17) is 4.84 Å². The van der Waals surface area contributed by atoms with Crippen LogP contribution in [0, 0.1) is 17.8 Å². The summed E-state index contributed by atoms with van der Waals surface area (Å²) in [5.41, 5.74) is 1.60. The van der Waals surface area contributed by atoms with Gasteiger partial charge in [0, 0.05) is 0 Å². The van der Waals surface area contributed by atoms with E-state index in [1.54, 1.807) is 30.6 Å². The van der Waals surface area contributed by atoms with Gasteiger partial charge in [0.1, 0.15) is 12.6 Å². The summed E-state index contributed by atoms with van der Waals surface area (Å²) < 4.78 is 27.0. The van der Waals surface area contributed by atoms with Crippen molar-refractivity contribution in [2.75, 3.05) is 6.61 Å². The fourth-order valence-electron chi connectivity index (χ4n) is 3.16. The molecule has 7 nitrogen and oxygen atoms in total. The number of sulfonamides is 1. The molecule has 142 valence electrons. The van der Waals surface area contributed by atoms with Crippen LogP contribution in [0.5, 0.6) is 0 Å². The Labute approximate surface area is 154 Å². The molecule has 0 saturated heterocycles. The quantitative estimate of drug-likeness (QED) is 0.429. The molecule has 1 aromatic rings. The summed E-state index contributed by atoms with van der Waals surface area (Å²) in [6, 6.07) is 6.60. The van der Waals surface area contributed by atoms with Crippen molar-refractivity contribution in [3.05, 3.63) is 30.3 Å². The van der Waals surface area contributed by atoms with Crippen molar-refractivity contribution in [3.63, 3.8) is 0 Å². The van der Waals surface area contributed by atoms with Crippen molar-refractivity contribution in [2.45, 2.75) is 50.0 Å². The highest BCUT2D eigenvalue weighted by Gasteiger charge is 2.42. The first-order valence-corrected chi connectivity index (χ1v) is 10.0. The molecule has 1 unspecified atom stereocenters. The minimum Gasteiger partial charge on any atom is -0.289 e. The van der Waals surface area contributed by atoms with Crippen LogP contribution in [0.4, 0.5) is 0 Å². The van der Waals surface area contributed by atoms with E-state index in [9.17, 15) is 18.4 Å². The molecule has 1 amide bonds. The number of nitrogens with zero attached hydrogens (tertiary/aromatic N) is 1. The van der Waals surface area contributed by atoms with Crippen molar-refractivity contribution >= 4 is 15.9 Å². The van der Waals surface area contributed by atoms with Gasteiger partial charge in [-0.2, -0.15) is 0 Å². The van der Waals surface area contributed by atoms with E-state index in [2.05, 4.69) is 11.8 Å². The number of carbonyl (C=O) groups excluding carboxylic acids is 1. The maximum Gasteiger partial charge on any atom is 0.265 e. The van der Waals surface area contributed by atoms with E-state index in [1.807, 2.05) is 0 Å². The molecule has 1 atom stereocenters. The second kappa shape index (κ2) is 9.69. The summed E-state index contributed by atoms with van der Waals surface area (Å²) >= 11 is 0. The van der Waals surface area contributed by atoms with Crippen LogP contribution in [0.15, 0.2) is 35.2 Å². The number of nitrogens with one attached hydrogen (secondary N) is 1. The van der Waals surface area contributed by atoms with Crippen molar-refractivity contribution in [2.24, 2.45) is 5.92 Å². The van der Waals surface area contributed by atoms with Gasteiger partial charge in [0.05, 0.1) is 4.90 Å². The fraction of sp³-hybridized carbons (Fsp3) is 0.500. The first-order valence-electron chi connectivity index (χ1n) is 8.58. The van der Waals surface area contributed by atoms with Crippen LogP contribution in [0.3, 0.4) is 0 Å². The van der Waals surface area contributed by atoms with Gasteiger partial charge in [-0.15, -0.1) is 5.92 Å². The Morgan fingerprint density at radius 3 is 2.54 bits per heavy atom. The summed E-state index contributed by atoms with van der Waals surface area (Å²) in [4.78, 5) is 17.8. The lowest BCUT2D eigenvalue weighted by molar-refractivity contribution is -0.157. The zero-order valence-electron chi connectivity index (χ0n) is 14.7.